The summed E-state index contributed by atoms with van der Waals surface area (Å²) >= 11 is 3.68. The van der Waals surface area contributed by atoms with Gasteiger partial charge in [-0.15, -0.1) is 0 Å². The van der Waals surface area contributed by atoms with Crippen LogP contribution in [0.1, 0.15) is 0 Å². The molecular weight excluding hydrogens is 334 g/mol. The Balaban J connectivity index is 4.02. The molecule has 0 atom stereocenters. The molecule has 0 aliphatic carbocycles. The van der Waals surface area contributed by atoms with Crippen LogP contribution in [0.25, 0.3) is 0 Å². The zero-order chi connectivity index (χ0) is 7.00. The first-order valence-corrected chi connectivity index (χ1v) is 4.75. The van der Waals surface area contributed by atoms with Crippen LogP contribution in [0.15, 0.2) is 0 Å². The second-order valence-electron chi connectivity index (χ2n) is 2.66. The minimum Gasteiger partial charge on any atom is -0.477 e. The van der Waals surface area contributed by atoms with Gasteiger partial charge in [-0.25, -0.2) is 44.7 Å². The van der Waals surface area contributed by atoms with Gasteiger partial charge in [-0.3, -0.25) is 0 Å². The molecule has 0 heterocycles. The molecule has 0 unspecified atom stereocenters. The molecule has 5 heteroatoms. The molecule has 0 aromatic carbocycles. The molecule has 0 spiro atoms. The molecule has 0 aliphatic heterocycles. The van der Waals surface area contributed by atoms with Gasteiger partial charge in [-0.05, 0) is 0 Å². The summed E-state index contributed by atoms with van der Waals surface area (Å²) in [4.78, 5) is 0. The van der Waals surface area contributed by atoms with Crippen molar-refractivity contribution in [2.75, 3.05) is 21.1 Å². The number of nitrogens with zero attached hydrogens (tertiary/aromatic N) is 1. The zero-order valence-electron chi connectivity index (χ0n) is 5.16. The monoisotopic (exact) mass is 343 g/mol. The summed E-state index contributed by atoms with van der Waals surface area (Å²) in [7, 11) is 5.54. The van der Waals surface area contributed by atoms with Crippen LogP contribution in [0.3, 0.4) is 0 Å². The fraction of sp³-hybridized carbons (Fsp3) is 1.00. The SMILES string of the molecule is C[N+](C)(C)[B-](F)(I)I. The summed E-state index contributed by atoms with van der Waals surface area (Å²) in [6.07, 6.45) is 0. The summed E-state index contributed by atoms with van der Waals surface area (Å²) in [6, 6.07) is 0. The van der Waals surface area contributed by atoms with Gasteiger partial charge in [-0.1, -0.05) is 0 Å². The molecule has 50 valence electrons. The Morgan fingerprint density at radius 1 is 1.25 bits per heavy atom. The second-order valence-corrected chi connectivity index (χ2v) is 8.34. The molecule has 0 N–H and O–H groups in total. The fourth-order valence-electron chi connectivity index (χ4n) is 0. The lowest BCUT2D eigenvalue weighted by Gasteiger charge is -2.40. The Bertz CT molecular complexity index is 72.3. The van der Waals surface area contributed by atoms with E-state index in [1.807, 2.05) is 65.9 Å². The van der Waals surface area contributed by atoms with Crippen molar-refractivity contribution in [3.63, 3.8) is 0 Å². The summed E-state index contributed by atoms with van der Waals surface area (Å²) in [6.45, 7) is 0. The number of rotatable bonds is 1. The molecule has 8 heavy (non-hydrogen) atoms. The van der Waals surface area contributed by atoms with Gasteiger partial charge in [-0.2, -0.15) is 0 Å². The largest absolute Gasteiger partial charge is 0.479 e. The Hall–Kier alpha value is 1.41. The van der Waals surface area contributed by atoms with Crippen molar-refractivity contribution in [3.05, 3.63) is 0 Å². The van der Waals surface area contributed by atoms with E-state index in [-0.39, 0.29) is 0 Å². The molecule has 0 radical (unpaired) electrons. The standard InChI is InChI=1S/C3H9BFI2N/c1-8(2,3)4(5,6)7/h1-3H3. The third kappa shape index (κ3) is 2.81. The molecule has 0 amide bonds. The van der Waals surface area contributed by atoms with E-state index in [1.54, 1.807) is 0 Å². The lowest BCUT2D eigenvalue weighted by atomic mass is 10.2. The van der Waals surface area contributed by atoms with E-state index in [2.05, 4.69) is 0 Å². The summed E-state index contributed by atoms with van der Waals surface area (Å²) in [5.41, 5.74) is 0. The number of quaternary nitrogens is 1. The van der Waals surface area contributed by atoms with Crippen LogP contribution < -0.4 is 0 Å². The van der Waals surface area contributed by atoms with Gasteiger partial charge in [0.2, 0.25) is 0 Å². The van der Waals surface area contributed by atoms with Gasteiger partial charge in [0, 0.05) is 21.1 Å². The van der Waals surface area contributed by atoms with Crippen LogP contribution in [0.2, 0.25) is 0 Å². The van der Waals surface area contributed by atoms with E-state index < -0.39 is 2.27 Å². The van der Waals surface area contributed by atoms with Crippen molar-refractivity contribution in [1.29, 1.82) is 0 Å². The van der Waals surface area contributed by atoms with Gasteiger partial charge < -0.3 is 8.71 Å². The van der Waals surface area contributed by atoms with Gasteiger partial charge in [0.1, 0.15) is 0 Å². The highest BCUT2D eigenvalue weighted by molar-refractivity contribution is 14.3. The van der Waals surface area contributed by atoms with E-state index in [1.165, 1.54) is 0 Å². The molecule has 0 rings (SSSR count). The topological polar surface area (TPSA) is 0 Å². The van der Waals surface area contributed by atoms with Crippen LogP contribution in [-0.2, 0) is 0 Å². The molecule has 0 aromatic rings. The van der Waals surface area contributed by atoms with E-state index >= 15 is 0 Å². The first-order valence-electron chi connectivity index (χ1n) is 2.25. The summed E-state index contributed by atoms with van der Waals surface area (Å²) < 4.78 is 11.5. The van der Waals surface area contributed by atoms with E-state index in [9.17, 15) is 4.32 Å². The third-order valence-electron chi connectivity index (χ3n) is 0.878. The van der Waals surface area contributed by atoms with Crippen molar-refractivity contribution >= 4 is 47.0 Å². The maximum Gasteiger partial charge on any atom is 0.479 e. The highest BCUT2D eigenvalue weighted by atomic mass is 127. The average molecular weight is 343 g/mol. The Morgan fingerprint density at radius 3 is 1.38 bits per heavy atom. The van der Waals surface area contributed by atoms with Crippen LogP contribution >= 0.6 is 44.7 Å². The minimum absolute atomic E-state index is 0.390. The molecule has 0 saturated carbocycles. The van der Waals surface area contributed by atoms with Gasteiger partial charge in [0.25, 0.3) is 0 Å². The molecule has 1 nitrogen and oxygen atoms in total. The van der Waals surface area contributed by atoms with Gasteiger partial charge in [0.05, 0.1) is 0 Å². The first-order chi connectivity index (χ1) is 3.25. The van der Waals surface area contributed by atoms with Gasteiger partial charge >= 0.3 is 2.27 Å². The zero-order valence-corrected chi connectivity index (χ0v) is 9.47. The van der Waals surface area contributed by atoms with Crippen LogP contribution in [0.4, 0.5) is 4.32 Å². The second kappa shape index (κ2) is 2.57. The Morgan fingerprint density at radius 2 is 1.38 bits per heavy atom. The minimum atomic E-state index is -1.77. The van der Waals surface area contributed by atoms with Gasteiger partial charge in [0.15, 0.2) is 0 Å². The predicted molar refractivity (Wildman–Crippen MR) is 52.9 cm³/mol. The van der Waals surface area contributed by atoms with Crippen molar-refractivity contribution < 1.29 is 8.71 Å². The molecule has 0 saturated heterocycles. The highest BCUT2D eigenvalue weighted by Gasteiger charge is 2.32. The summed E-state index contributed by atoms with van der Waals surface area (Å²) in [5.74, 6) is 0. The molecule has 0 bridgehead atoms. The Labute approximate surface area is 76.3 Å². The fourth-order valence-corrected chi connectivity index (χ4v) is 0. The summed E-state index contributed by atoms with van der Waals surface area (Å²) in [5, 5.41) is 0. The Kier molecular flexibility index (Phi) is 3.03. The predicted octanol–water partition coefficient (Wildman–Crippen LogP) is 1.97. The number of hydrogen-bond acceptors (Lipinski definition) is 0. The number of hydrogen-bond donors (Lipinski definition) is 0. The van der Waals surface area contributed by atoms with Crippen LogP contribution in [0, 0.1) is 0 Å². The molecule has 0 aliphatic rings. The average Bonchev–Trinajstić information content (AvgIpc) is 1.25. The third-order valence-corrected chi connectivity index (χ3v) is 4.22. The van der Waals surface area contributed by atoms with Crippen molar-refractivity contribution in [2.24, 2.45) is 0 Å². The first kappa shape index (κ1) is 9.41. The lowest BCUT2D eigenvalue weighted by molar-refractivity contribution is -0.763. The number of halogens is 3. The van der Waals surface area contributed by atoms with Crippen molar-refractivity contribution in [2.45, 2.75) is 0 Å². The maximum atomic E-state index is 12.9. The maximum absolute atomic E-state index is 12.9. The lowest BCUT2D eigenvalue weighted by Crippen LogP contribution is -2.49. The molecule has 0 fully saturated rings. The van der Waals surface area contributed by atoms with Crippen molar-refractivity contribution in [3.8, 4) is 0 Å². The van der Waals surface area contributed by atoms with Crippen molar-refractivity contribution in [1.82, 2.24) is 0 Å². The van der Waals surface area contributed by atoms with Crippen LogP contribution in [-0.4, -0.2) is 27.8 Å². The smallest absolute Gasteiger partial charge is 0.477 e. The quantitative estimate of drug-likeness (QED) is 0.505. The highest BCUT2D eigenvalue weighted by Crippen LogP contribution is 2.29. The molecule has 0 aromatic heterocycles. The normalized spacial score (nSPS) is 14.2. The van der Waals surface area contributed by atoms with E-state index in [0.29, 0.717) is 4.39 Å². The molecular formula is C3H9BFI2N. The van der Waals surface area contributed by atoms with E-state index in [0.717, 1.165) is 0 Å². The van der Waals surface area contributed by atoms with E-state index in [4.69, 9.17) is 0 Å². The van der Waals surface area contributed by atoms with Crippen LogP contribution in [0.5, 0.6) is 0 Å².